The lowest BCUT2D eigenvalue weighted by molar-refractivity contribution is 0.108. The molecular weight excluding hydrogens is 513 g/mol. The van der Waals surface area contributed by atoms with Gasteiger partial charge in [-0.15, -0.1) is 6.42 Å². The van der Waals surface area contributed by atoms with Gasteiger partial charge in [-0.3, -0.25) is 4.90 Å². The lowest BCUT2D eigenvalue weighted by Crippen LogP contribution is -2.51. The fourth-order valence-corrected chi connectivity index (χ4v) is 7.95. The van der Waals surface area contributed by atoms with Crippen LogP contribution < -0.4 is 15.0 Å². The number of halogens is 1. The maximum Gasteiger partial charge on any atom is 0.319 e. The van der Waals surface area contributed by atoms with E-state index in [2.05, 4.69) is 21.0 Å². The smallest absolute Gasteiger partial charge is 0.319 e. The van der Waals surface area contributed by atoms with Crippen LogP contribution in [0.4, 0.5) is 10.2 Å². The highest BCUT2D eigenvalue weighted by Crippen LogP contribution is 2.41. The van der Waals surface area contributed by atoms with E-state index in [1.54, 1.807) is 0 Å². The molecule has 2 atom stereocenters. The van der Waals surface area contributed by atoms with Crippen molar-refractivity contribution in [1.29, 1.82) is 0 Å². The van der Waals surface area contributed by atoms with Gasteiger partial charge in [0.15, 0.2) is 5.82 Å². The second-order valence-electron chi connectivity index (χ2n) is 12.3. The molecule has 0 saturated carbocycles. The van der Waals surface area contributed by atoms with Gasteiger partial charge in [0.2, 0.25) is 0 Å². The lowest BCUT2D eigenvalue weighted by atomic mass is 9.94. The average Bonchev–Trinajstić information content (AvgIpc) is 3.69. The molecule has 208 valence electrons. The van der Waals surface area contributed by atoms with Crippen molar-refractivity contribution in [1.82, 2.24) is 20.2 Å². The van der Waals surface area contributed by atoms with Crippen LogP contribution in [-0.2, 0) is 0 Å². The molecule has 2 unspecified atom stereocenters. The molecule has 8 rings (SSSR count). The van der Waals surface area contributed by atoms with Crippen molar-refractivity contribution in [3.8, 4) is 29.5 Å². The van der Waals surface area contributed by atoms with Crippen LogP contribution in [-0.4, -0.2) is 65.3 Å². The number of aromatic nitrogens is 2. The van der Waals surface area contributed by atoms with E-state index in [9.17, 15) is 0 Å². The van der Waals surface area contributed by atoms with Gasteiger partial charge in [-0.1, -0.05) is 42.3 Å². The lowest BCUT2D eigenvalue weighted by Gasteiger charge is -2.34. The third-order valence-electron chi connectivity index (χ3n) is 9.91. The summed E-state index contributed by atoms with van der Waals surface area (Å²) in [6.07, 6.45) is 12.8. The number of nitrogens with zero attached hydrogens (tertiary/aromatic N) is 4. The van der Waals surface area contributed by atoms with E-state index in [1.807, 2.05) is 48.5 Å². The minimum Gasteiger partial charge on any atom is -0.461 e. The molecule has 3 aromatic carbocycles. The van der Waals surface area contributed by atoms with Crippen LogP contribution in [0.25, 0.3) is 32.8 Å². The van der Waals surface area contributed by atoms with E-state index in [-0.39, 0.29) is 17.4 Å². The van der Waals surface area contributed by atoms with Gasteiger partial charge in [-0.2, -0.15) is 9.97 Å². The summed E-state index contributed by atoms with van der Waals surface area (Å²) in [5.74, 6) is 3.19. The highest BCUT2D eigenvalue weighted by Gasteiger charge is 2.45. The molecule has 4 aromatic rings. The topological polar surface area (TPSA) is 53.5 Å². The number of anilines is 1. The van der Waals surface area contributed by atoms with Gasteiger partial charge in [0.25, 0.3) is 0 Å². The third kappa shape index (κ3) is 4.07. The molecule has 4 aliphatic heterocycles. The van der Waals surface area contributed by atoms with Crippen LogP contribution in [0.2, 0.25) is 0 Å². The minimum atomic E-state index is -0.366. The van der Waals surface area contributed by atoms with Crippen molar-refractivity contribution in [3.63, 3.8) is 0 Å². The zero-order chi connectivity index (χ0) is 27.6. The number of hydrogen-bond donors (Lipinski definition) is 1. The van der Waals surface area contributed by atoms with Crippen LogP contribution in [0.3, 0.4) is 0 Å². The van der Waals surface area contributed by atoms with Gasteiger partial charge in [0.1, 0.15) is 17.9 Å². The Bertz CT molecular complexity index is 1690. The second kappa shape index (κ2) is 9.68. The predicted octanol–water partition coefficient (Wildman–Crippen LogP) is 5.52. The monoisotopic (exact) mass is 547 g/mol. The first kappa shape index (κ1) is 25.0. The number of hydrogen-bond acceptors (Lipinski definition) is 6. The molecule has 0 spiro atoms. The van der Waals surface area contributed by atoms with Crippen molar-refractivity contribution in [2.75, 3.05) is 37.7 Å². The zero-order valence-electron chi connectivity index (χ0n) is 23.2. The first-order valence-electron chi connectivity index (χ1n) is 15.0. The van der Waals surface area contributed by atoms with E-state index < -0.39 is 0 Å². The molecule has 5 heterocycles. The molecule has 1 N–H and O–H groups in total. The van der Waals surface area contributed by atoms with E-state index >= 15 is 4.39 Å². The fourth-order valence-electron chi connectivity index (χ4n) is 7.95. The summed E-state index contributed by atoms with van der Waals surface area (Å²) in [7, 11) is 0. The molecule has 4 fully saturated rings. The van der Waals surface area contributed by atoms with Crippen LogP contribution in [0.5, 0.6) is 6.01 Å². The molecule has 0 radical (unpaired) electrons. The Morgan fingerprint density at radius 1 is 0.976 bits per heavy atom. The summed E-state index contributed by atoms with van der Waals surface area (Å²) in [6.45, 7) is 4.48. The number of rotatable bonds is 5. The summed E-state index contributed by atoms with van der Waals surface area (Å²) in [6, 6.07) is 16.7. The number of terminal acetylenes is 1. The number of nitrogens with one attached hydrogen (secondary N) is 1. The van der Waals surface area contributed by atoms with E-state index in [1.165, 1.54) is 12.8 Å². The first-order chi connectivity index (χ1) is 20.1. The van der Waals surface area contributed by atoms with Crippen LogP contribution in [0.15, 0.2) is 48.5 Å². The summed E-state index contributed by atoms with van der Waals surface area (Å²) < 4.78 is 23.1. The highest BCUT2D eigenvalue weighted by molar-refractivity contribution is 6.03. The van der Waals surface area contributed by atoms with E-state index in [0.29, 0.717) is 29.8 Å². The van der Waals surface area contributed by atoms with Gasteiger partial charge < -0.3 is 15.0 Å². The molecule has 4 saturated heterocycles. The normalized spacial score (nSPS) is 23.3. The van der Waals surface area contributed by atoms with Crippen molar-refractivity contribution < 1.29 is 9.13 Å². The zero-order valence-corrected chi connectivity index (χ0v) is 23.2. The summed E-state index contributed by atoms with van der Waals surface area (Å²) >= 11 is 0. The van der Waals surface area contributed by atoms with Gasteiger partial charge in [0, 0.05) is 47.1 Å². The number of benzene rings is 3. The molecule has 6 nitrogen and oxygen atoms in total. The standard InChI is InChI=1S/C34H34FN5O/c1-2-22-7-3-8-23-9-4-10-26(29(22)23)27-13-14-28-31(30(27)35)37-33(41-21-34-15-5-17-40(34)18-6-16-34)38-32(28)39-19-24-11-12-25(20-39)36-24/h1,3-4,7-10,13-14,24-25,36H,5-6,11-12,15-21H2. The van der Waals surface area contributed by atoms with Gasteiger partial charge >= 0.3 is 6.01 Å². The number of ether oxygens (including phenoxy) is 1. The Hall–Kier alpha value is -3.73. The third-order valence-corrected chi connectivity index (χ3v) is 9.91. The van der Waals surface area contributed by atoms with E-state index in [0.717, 1.165) is 85.0 Å². The maximum absolute atomic E-state index is 16.7. The van der Waals surface area contributed by atoms with Crippen molar-refractivity contribution >= 4 is 27.5 Å². The van der Waals surface area contributed by atoms with Crippen molar-refractivity contribution in [2.45, 2.75) is 56.1 Å². The van der Waals surface area contributed by atoms with Gasteiger partial charge in [-0.05, 0) is 74.7 Å². The molecule has 2 bridgehead atoms. The molecule has 41 heavy (non-hydrogen) atoms. The summed E-state index contributed by atoms with van der Waals surface area (Å²) in [4.78, 5) is 14.6. The quantitative estimate of drug-likeness (QED) is 0.332. The van der Waals surface area contributed by atoms with Crippen molar-refractivity contribution in [2.24, 2.45) is 0 Å². The summed E-state index contributed by atoms with van der Waals surface area (Å²) in [5.41, 5.74) is 2.36. The Kier molecular flexibility index (Phi) is 5.91. The molecule has 0 aliphatic carbocycles. The van der Waals surface area contributed by atoms with Crippen LogP contribution in [0.1, 0.15) is 44.1 Å². The van der Waals surface area contributed by atoms with Gasteiger partial charge in [-0.25, -0.2) is 4.39 Å². The molecule has 1 aromatic heterocycles. The van der Waals surface area contributed by atoms with E-state index in [4.69, 9.17) is 21.1 Å². The second-order valence-corrected chi connectivity index (χ2v) is 12.3. The Morgan fingerprint density at radius 2 is 1.73 bits per heavy atom. The molecule has 4 aliphatic rings. The molecule has 7 heteroatoms. The first-order valence-corrected chi connectivity index (χ1v) is 15.0. The molecular formula is C34H34FN5O. The Labute approximate surface area is 239 Å². The average molecular weight is 548 g/mol. The fraction of sp³-hybridized carbons (Fsp3) is 0.412. The predicted molar refractivity (Wildman–Crippen MR) is 161 cm³/mol. The summed E-state index contributed by atoms with van der Waals surface area (Å²) in [5, 5.41) is 6.28. The molecule has 0 amide bonds. The largest absolute Gasteiger partial charge is 0.461 e. The Morgan fingerprint density at radius 3 is 2.49 bits per heavy atom. The number of piperazine rings is 1. The van der Waals surface area contributed by atoms with Crippen LogP contribution in [0, 0.1) is 18.2 Å². The van der Waals surface area contributed by atoms with Crippen molar-refractivity contribution in [3.05, 3.63) is 59.9 Å². The minimum absolute atomic E-state index is 0.0571. The number of fused-ring (bicyclic) bond motifs is 5. The van der Waals surface area contributed by atoms with Crippen LogP contribution >= 0.6 is 0 Å². The Balaban J connectivity index is 1.26. The highest BCUT2D eigenvalue weighted by atomic mass is 19.1. The van der Waals surface area contributed by atoms with Gasteiger partial charge in [0.05, 0.1) is 5.54 Å². The SMILES string of the molecule is C#Cc1cccc2cccc(-c3ccc4c(N5CC6CCC(C5)N6)nc(OCC56CCCN5CCC6)nc4c3F)c12. The maximum atomic E-state index is 16.7.